The molecule has 0 aliphatic carbocycles. The van der Waals surface area contributed by atoms with Crippen molar-refractivity contribution in [2.45, 2.75) is 19.9 Å². The fourth-order valence-electron chi connectivity index (χ4n) is 2.74. The van der Waals surface area contributed by atoms with E-state index in [2.05, 4.69) is 38.3 Å². The Morgan fingerprint density at radius 3 is 2.63 bits per heavy atom. The molecule has 1 N–H and O–H groups in total. The highest BCUT2D eigenvalue weighted by Crippen LogP contribution is 2.22. The summed E-state index contributed by atoms with van der Waals surface area (Å²) in [5.74, 6) is -0.0423. The lowest BCUT2D eigenvalue weighted by atomic mass is 10.1. The van der Waals surface area contributed by atoms with Gasteiger partial charge in [-0.3, -0.25) is 9.69 Å². The normalized spacial score (nSPS) is 12.2. The van der Waals surface area contributed by atoms with Crippen LogP contribution in [0.2, 0.25) is 0 Å². The highest BCUT2D eigenvalue weighted by Gasteiger charge is 2.15. The number of carbonyl (C=O) groups excluding carboxylic acids is 1. The van der Waals surface area contributed by atoms with Crippen LogP contribution in [-0.4, -0.2) is 39.2 Å². The maximum Gasteiger partial charge on any atom is 0.238 e. The summed E-state index contributed by atoms with van der Waals surface area (Å²) in [5, 5.41) is 7.07. The zero-order chi connectivity index (χ0) is 19.4. The van der Waals surface area contributed by atoms with Gasteiger partial charge in [0.05, 0.1) is 12.2 Å². The molecule has 3 rings (SSSR count). The van der Waals surface area contributed by atoms with E-state index >= 15 is 0 Å². The zero-order valence-electron chi connectivity index (χ0n) is 15.6. The number of benzene rings is 2. The minimum Gasteiger partial charge on any atom is -0.325 e. The molecule has 1 atom stereocenters. The van der Waals surface area contributed by atoms with Gasteiger partial charge in [-0.1, -0.05) is 34.1 Å². The van der Waals surface area contributed by atoms with Crippen molar-refractivity contribution in [3.8, 4) is 5.69 Å². The fourth-order valence-corrected chi connectivity index (χ4v) is 3.11. The third-order valence-corrected chi connectivity index (χ3v) is 5.42. The Morgan fingerprint density at radius 1 is 1.26 bits per heavy atom. The Labute approximate surface area is 167 Å². The number of hydrogen-bond donors (Lipinski definition) is 1. The van der Waals surface area contributed by atoms with Crippen molar-refractivity contribution in [1.29, 1.82) is 0 Å². The predicted molar refractivity (Wildman–Crippen MR) is 110 cm³/mol. The van der Waals surface area contributed by atoms with Crippen LogP contribution in [0.15, 0.2) is 59.6 Å². The van der Waals surface area contributed by atoms with E-state index in [1.54, 1.807) is 11.0 Å². The Bertz CT molecular complexity index is 909. The number of rotatable bonds is 6. The van der Waals surface area contributed by atoms with Gasteiger partial charge >= 0.3 is 0 Å². The molecule has 0 aliphatic rings. The number of likely N-dealkylation sites (N-methyl/N-ethyl adjacent to an activating group) is 1. The van der Waals surface area contributed by atoms with Gasteiger partial charge in [0.2, 0.25) is 5.91 Å². The van der Waals surface area contributed by atoms with E-state index in [9.17, 15) is 4.79 Å². The molecule has 140 valence electrons. The van der Waals surface area contributed by atoms with Crippen molar-refractivity contribution in [2.75, 3.05) is 18.9 Å². The van der Waals surface area contributed by atoms with Crippen LogP contribution < -0.4 is 5.32 Å². The number of hydrogen-bond acceptors (Lipinski definition) is 4. The number of aromatic nitrogens is 3. The van der Waals surface area contributed by atoms with Gasteiger partial charge in [0, 0.05) is 16.2 Å². The molecule has 2 aromatic carbocycles. The largest absolute Gasteiger partial charge is 0.325 e. The first kappa shape index (κ1) is 19.3. The number of halogens is 1. The third-order valence-electron chi connectivity index (χ3n) is 4.57. The van der Waals surface area contributed by atoms with Crippen LogP contribution in [0, 0.1) is 6.92 Å². The smallest absolute Gasteiger partial charge is 0.238 e. The van der Waals surface area contributed by atoms with Crippen LogP contribution in [0.4, 0.5) is 5.69 Å². The van der Waals surface area contributed by atoms with Crippen molar-refractivity contribution < 1.29 is 4.79 Å². The molecule has 0 fully saturated rings. The number of carbonyl (C=O) groups is 1. The number of amides is 1. The van der Waals surface area contributed by atoms with Crippen LogP contribution in [0.25, 0.3) is 5.69 Å². The van der Waals surface area contributed by atoms with Crippen molar-refractivity contribution in [3.63, 3.8) is 0 Å². The van der Waals surface area contributed by atoms with Crippen LogP contribution in [0.5, 0.6) is 0 Å². The summed E-state index contributed by atoms with van der Waals surface area (Å²) in [4.78, 5) is 18.4. The first-order valence-corrected chi connectivity index (χ1v) is 9.44. The molecule has 6 nitrogen and oxygen atoms in total. The molecule has 0 saturated heterocycles. The number of nitrogens with one attached hydrogen (secondary N) is 1. The second kappa shape index (κ2) is 8.45. The lowest BCUT2D eigenvalue weighted by Crippen LogP contribution is -2.32. The summed E-state index contributed by atoms with van der Waals surface area (Å²) in [7, 11) is 1.95. The van der Waals surface area contributed by atoms with E-state index in [4.69, 9.17) is 0 Å². The lowest BCUT2D eigenvalue weighted by Gasteiger charge is -2.24. The first-order chi connectivity index (χ1) is 12.9. The van der Waals surface area contributed by atoms with E-state index in [1.165, 1.54) is 6.33 Å². The highest BCUT2D eigenvalue weighted by atomic mass is 79.9. The summed E-state index contributed by atoms with van der Waals surface area (Å²) in [6, 6.07) is 14.0. The third kappa shape index (κ3) is 4.81. The molecule has 1 heterocycles. The molecule has 0 saturated carbocycles. The van der Waals surface area contributed by atoms with Gasteiger partial charge in [-0.2, -0.15) is 5.10 Å². The predicted octanol–water partition coefficient (Wildman–Crippen LogP) is 3.97. The molecule has 1 aromatic heterocycles. The maximum absolute atomic E-state index is 12.4. The number of aryl methyl sites for hydroxylation is 1. The Hall–Kier alpha value is -2.51. The second-order valence-corrected chi connectivity index (χ2v) is 7.39. The van der Waals surface area contributed by atoms with Gasteiger partial charge in [-0.15, -0.1) is 0 Å². The van der Waals surface area contributed by atoms with E-state index in [-0.39, 0.29) is 11.9 Å². The van der Waals surface area contributed by atoms with E-state index in [0.717, 1.165) is 27.0 Å². The Balaban J connectivity index is 1.60. The van der Waals surface area contributed by atoms with Crippen molar-refractivity contribution >= 4 is 27.5 Å². The minimum atomic E-state index is -0.0423. The SMILES string of the molecule is Cc1ccc(NC(=O)CN(C)[C@H](C)c2ccc(-n3cncn3)cc2)cc1Br. The Kier molecular flexibility index (Phi) is 6.03. The average Bonchev–Trinajstić information content (AvgIpc) is 3.19. The molecule has 0 spiro atoms. The van der Waals surface area contributed by atoms with Gasteiger partial charge in [0.1, 0.15) is 12.7 Å². The summed E-state index contributed by atoms with van der Waals surface area (Å²) in [6.45, 7) is 4.40. The molecule has 1 amide bonds. The van der Waals surface area contributed by atoms with Crippen molar-refractivity contribution in [1.82, 2.24) is 19.7 Å². The van der Waals surface area contributed by atoms with Gasteiger partial charge in [0.15, 0.2) is 0 Å². The summed E-state index contributed by atoms with van der Waals surface area (Å²) >= 11 is 3.49. The molecular weight excluding hydrogens is 406 g/mol. The molecular formula is C20H22BrN5O. The number of anilines is 1. The topological polar surface area (TPSA) is 63.1 Å². The van der Waals surface area contributed by atoms with Gasteiger partial charge in [-0.05, 0) is 56.3 Å². The molecule has 0 unspecified atom stereocenters. The highest BCUT2D eigenvalue weighted by molar-refractivity contribution is 9.10. The number of nitrogens with zero attached hydrogens (tertiary/aromatic N) is 4. The molecule has 3 aromatic rings. The monoisotopic (exact) mass is 427 g/mol. The average molecular weight is 428 g/mol. The summed E-state index contributed by atoms with van der Waals surface area (Å²) in [6.07, 6.45) is 3.17. The first-order valence-electron chi connectivity index (χ1n) is 8.65. The summed E-state index contributed by atoms with van der Waals surface area (Å²) < 4.78 is 2.69. The van der Waals surface area contributed by atoms with Crippen LogP contribution in [0.3, 0.4) is 0 Å². The lowest BCUT2D eigenvalue weighted by molar-refractivity contribution is -0.117. The van der Waals surface area contributed by atoms with Crippen LogP contribution in [-0.2, 0) is 4.79 Å². The van der Waals surface area contributed by atoms with Gasteiger partial charge < -0.3 is 5.32 Å². The maximum atomic E-state index is 12.4. The van der Waals surface area contributed by atoms with Gasteiger partial charge in [0.25, 0.3) is 0 Å². The molecule has 0 bridgehead atoms. The quantitative estimate of drug-likeness (QED) is 0.646. The van der Waals surface area contributed by atoms with E-state index in [1.807, 2.05) is 61.3 Å². The fraction of sp³-hybridized carbons (Fsp3) is 0.250. The Morgan fingerprint density at radius 2 is 2.00 bits per heavy atom. The molecule has 0 aliphatic heterocycles. The van der Waals surface area contributed by atoms with Crippen LogP contribution >= 0.6 is 15.9 Å². The minimum absolute atomic E-state index is 0.0423. The zero-order valence-corrected chi connectivity index (χ0v) is 17.1. The van der Waals surface area contributed by atoms with E-state index in [0.29, 0.717) is 6.54 Å². The second-order valence-electron chi connectivity index (χ2n) is 6.53. The van der Waals surface area contributed by atoms with Crippen molar-refractivity contribution in [3.05, 3.63) is 70.7 Å². The van der Waals surface area contributed by atoms with Crippen LogP contribution in [0.1, 0.15) is 24.1 Å². The van der Waals surface area contributed by atoms with E-state index < -0.39 is 0 Å². The molecule has 0 radical (unpaired) electrons. The molecule has 7 heteroatoms. The molecule has 27 heavy (non-hydrogen) atoms. The van der Waals surface area contributed by atoms with Crippen molar-refractivity contribution in [2.24, 2.45) is 0 Å². The van der Waals surface area contributed by atoms with Gasteiger partial charge in [-0.25, -0.2) is 9.67 Å². The standard InChI is InChI=1S/C20H22BrN5O/c1-14-4-7-17(10-19(14)21)24-20(27)11-25(3)15(2)16-5-8-18(9-6-16)26-13-22-12-23-26/h4-10,12-13,15H,11H2,1-3H3,(H,24,27)/t15-/m1/s1. The summed E-state index contributed by atoms with van der Waals surface area (Å²) in [5.41, 5.74) is 4.00.